The number of hydrogen-bond acceptors (Lipinski definition) is 4. The van der Waals surface area contributed by atoms with Crippen molar-refractivity contribution < 1.29 is 14.3 Å². The van der Waals surface area contributed by atoms with E-state index >= 15 is 0 Å². The lowest BCUT2D eigenvalue weighted by molar-refractivity contribution is 0.0790. The Morgan fingerprint density at radius 3 is 2.43 bits per heavy atom. The van der Waals surface area contributed by atoms with Crippen LogP contribution in [0.15, 0.2) is 18.2 Å². The summed E-state index contributed by atoms with van der Waals surface area (Å²) >= 11 is 0. The first kappa shape index (κ1) is 19.6. The van der Waals surface area contributed by atoms with Gasteiger partial charge in [0.25, 0.3) is 5.91 Å². The highest BCUT2D eigenvalue weighted by Gasteiger charge is 2.25. The van der Waals surface area contributed by atoms with Gasteiger partial charge < -0.3 is 20.1 Å². The second kappa shape index (κ2) is 9.63. The normalized spacial score (nSPS) is 16.8. The number of amides is 1. The van der Waals surface area contributed by atoms with Crippen molar-refractivity contribution in [1.29, 1.82) is 0 Å². The Morgan fingerprint density at radius 1 is 1.22 bits per heavy atom. The fourth-order valence-corrected chi connectivity index (χ4v) is 2.45. The Balaban J connectivity index is 0.00000264. The molecular weight excluding hydrogens is 316 g/mol. The average Bonchev–Trinajstić information content (AvgIpc) is 2.97. The molecule has 0 saturated carbocycles. The van der Waals surface area contributed by atoms with Gasteiger partial charge >= 0.3 is 0 Å². The number of nitrogens with two attached hydrogens (primary N) is 1. The first-order valence-electron chi connectivity index (χ1n) is 8.10. The topological polar surface area (TPSA) is 64.8 Å². The van der Waals surface area contributed by atoms with E-state index < -0.39 is 0 Å². The van der Waals surface area contributed by atoms with Crippen LogP contribution >= 0.6 is 12.4 Å². The summed E-state index contributed by atoms with van der Waals surface area (Å²) in [4.78, 5) is 14.3. The van der Waals surface area contributed by atoms with Crippen LogP contribution in [0, 0.1) is 0 Å². The maximum atomic E-state index is 12.5. The fraction of sp³-hybridized carbons (Fsp3) is 0.588. The number of carbonyl (C=O) groups is 1. The van der Waals surface area contributed by atoms with Gasteiger partial charge in [-0.25, -0.2) is 0 Å². The SMILES string of the molecule is CCCOc1ccc(C(=O)N2CC[C@@H](N)C2)cc1OCCC.Cl. The standard InChI is InChI=1S/C17H26N2O3.ClH/c1-3-9-21-15-6-5-13(11-16(15)22-10-4-2)17(20)19-8-7-14(18)12-19;/h5-6,11,14H,3-4,7-10,12,18H2,1-2H3;1H/t14-;/m1./s1. The van der Waals surface area contributed by atoms with Crippen LogP contribution in [0.4, 0.5) is 0 Å². The second-order valence-corrected chi connectivity index (χ2v) is 5.66. The van der Waals surface area contributed by atoms with Gasteiger partial charge in [-0.1, -0.05) is 13.8 Å². The third kappa shape index (κ3) is 5.29. The van der Waals surface area contributed by atoms with E-state index in [9.17, 15) is 4.79 Å². The molecule has 1 saturated heterocycles. The fourth-order valence-electron chi connectivity index (χ4n) is 2.45. The van der Waals surface area contributed by atoms with Crippen molar-refractivity contribution in [3.05, 3.63) is 23.8 Å². The van der Waals surface area contributed by atoms with Gasteiger partial charge in [0, 0.05) is 24.7 Å². The van der Waals surface area contributed by atoms with Gasteiger partial charge in [0.15, 0.2) is 11.5 Å². The highest BCUT2D eigenvalue weighted by Crippen LogP contribution is 2.29. The van der Waals surface area contributed by atoms with Crippen molar-refractivity contribution in [2.24, 2.45) is 5.73 Å². The maximum absolute atomic E-state index is 12.5. The van der Waals surface area contributed by atoms with Gasteiger partial charge in [-0.2, -0.15) is 0 Å². The molecule has 1 heterocycles. The number of ether oxygens (including phenoxy) is 2. The van der Waals surface area contributed by atoms with E-state index in [4.69, 9.17) is 15.2 Å². The first-order chi connectivity index (χ1) is 10.7. The van der Waals surface area contributed by atoms with Gasteiger partial charge in [0.2, 0.25) is 0 Å². The Morgan fingerprint density at radius 2 is 1.87 bits per heavy atom. The van der Waals surface area contributed by atoms with Crippen LogP contribution in [0.5, 0.6) is 11.5 Å². The van der Waals surface area contributed by atoms with Crippen molar-refractivity contribution >= 4 is 18.3 Å². The molecule has 2 N–H and O–H groups in total. The van der Waals surface area contributed by atoms with E-state index in [1.165, 1.54) is 0 Å². The van der Waals surface area contributed by atoms with Crippen molar-refractivity contribution in [2.75, 3.05) is 26.3 Å². The van der Waals surface area contributed by atoms with Crippen LogP contribution in [0.1, 0.15) is 43.5 Å². The van der Waals surface area contributed by atoms with Crippen molar-refractivity contribution in [1.82, 2.24) is 4.90 Å². The summed E-state index contributed by atoms with van der Waals surface area (Å²) < 4.78 is 11.4. The molecule has 1 aromatic rings. The maximum Gasteiger partial charge on any atom is 0.254 e. The molecular formula is C17H27ClN2O3. The van der Waals surface area contributed by atoms with E-state index in [1.807, 2.05) is 13.0 Å². The molecule has 23 heavy (non-hydrogen) atoms. The number of nitrogens with zero attached hydrogens (tertiary/aromatic N) is 1. The Hall–Kier alpha value is -1.46. The molecule has 1 aliphatic heterocycles. The van der Waals surface area contributed by atoms with Gasteiger partial charge in [-0.05, 0) is 37.5 Å². The molecule has 2 rings (SSSR count). The Bertz CT molecular complexity index is 511. The number of likely N-dealkylation sites (tertiary alicyclic amines) is 1. The minimum absolute atomic E-state index is 0. The minimum atomic E-state index is 0. The lowest BCUT2D eigenvalue weighted by Crippen LogP contribution is -2.31. The molecule has 1 aromatic carbocycles. The molecule has 1 atom stereocenters. The summed E-state index contributed by atoms with van der Waals surface area (Å²) in [6.45, 7) is 6.69. The van der Waals surface area contributed by atoms with Crippen molar-refractivity contribution in [3.8, 4) is 11.5 Å². The van der Waals surface area contributed by atoms with Crippen LogP contribution in [0.3, 0.4) is 0 Å². The predicted molar refractivity (Wildman–Crippen MR) is 93.8 cm³/mol. The second-order valence-electron chi connectivity index (χ2n) is 5.66. The lowest BCUT2D eigenvalue weighted by atomic mass is 10.1. The van der Waals surface area contributed by atoms with E-state index in [0.717, 1.165) is 25.8 Å². The quantitative estimate of drug-likeness (QED) is 0.827. The number of hydrogen-bond donors (Lipinski definition) is 1. The van der Waals surface area contributed by atoms with Crippen LogP contribution in [-0.4, -0.2) is 43.2 Å². The molecule has 0 bridgehead atoms. The molecule has 0 aliphatic carbocycles. The lowest BCUT2D eigenvalue weighted by Gasteiger charge is -2.18. The molecule has 0 unspecified atom stereocenters. The van der Waals surface area contributed by atoms with Crippen LogP contribution in [0.25, 0.3) is 0 Å². The van der Waals surface area contributed by atoms with Gasteiger partial charge in [-0.15, -0.1) is 12.4 Å². The highest BCUT2D eigenvalue weighted by atomic mass is 35.5. The summed E-state index contributed by atoms with van der Waals surface area (Å²) in [5.74, 6) is 1.35. The number of rotatable bonds is 7. The zero-order chi connectivity index (χ0) is 15.9. The van der Waals surface area contributed by atoms with E-state index in [2.05, 4.69) is 6.92 Å². The molecule has 1 amide bonds. The molecule has 1 aliphatic rings. The van der Waals surface area contributed by atoms with Gasteiger partial charge in [0.1, 0.15) is 0 Å². The smallest absolute Gasteiger partial charge is 0.254 e. The number of carbonyl (C=O) groups excluding carboxylic acids is 1. The number of benzene rings is 1. The Labute approximate surface area is 144 Å². The van der Waals surface area contributed by atoms with Crippen molar-refractivity contribution in [3.63, 3.8) is 0 Å². The molecule has 0 spiro atoms. The first-order valence-corrected chi connectivity index (χ1v) is 8.10. The van der Waals surface area contributed by atoms with Crippen molar-refractivity contribution in [2.45, 2.75) is 39.2 Å². The molecule has 6 heteroatoms. The van der Waals surface area contributed by atoms with E-state index in [-0.39, 0.29) is 24.4 Å². The zero-order valence-corrected chi connectivity index (χ0v) is 14.7. The van der Waals surface area contributed by atoms with Crippen LogP contribution in [-0.2, 0) is 0 Å². The molecule has 130 valence electrons. The Kier molecular flexibility index (Phi) is 8.20. The molecule has 5 nitrogen and oxygen atoms in total. The molecule has 0 radical (unpaired) electrons. The summed E-state index contributed by atoms with van der Waals surface area (Å²) in [5, 5.41) is 0. The van der Waals surface area contributed by atoms with Gasteiger partial charge in [0.05, 0.1) is 13.2 Å². The van der Waals surface area contributed by atoms with Crippen LogP contribution in [0.2, 0.25) is 0 Å². The van der Waals surface area contributed by atoms with E-state index in [0.29, 0.717) is 36.8 Å². The minimum Gasteiger partial charge on any atom is -0.490 e. The van der Waals surface area contributed by atoms with Gasteiger partial charge in [-0.3, -0.25) is 4.79 Å². The highest BCUT2D eigenvalue weighted by molar-refractivity contribution is 5.95. The van der Waals surface area contributed by atoms with Crippen LogP contribution < -0.4 is 15.2 Å². The number of halogens is 1. The van der Waals surface area contributed by atoms with E-state index in [1.54, 1.807) is 17.0 Å². The molecule has 0 aromatic heterocycles. The largest absolute Gasteiger partial charge is 0.490 e. The molecule has 1 fully saturated rings. The third-order valence-corrected chi connectivity index (χ3v) is 3.63. The zero-order valence-electron chi connectivity index (χ0n) is 13.9. The average molecular weight is 343 g/mol. The third-order valence-electron chi connectivity index (χ3n) is 3.63. The monoisotopic (exact) mass is 342 g/mol. The predicted octanol–water partition coefficient (Wildman–Crippen LogP) is 2.86. The summed E-state index contributed by atoms with van der Waals surface area (Å²) in [7, 11) is 0. The summed E-state index contributed by atoms with van der Waals surface area (Å²) in [5.41, 5.74) is 6.51. The summed E-state index contributed by atoms with van der Waals surface area (Å²) in [6.07, 6.45) is 2.70. The summed E-state index contributed by atoms with van der Waals surface area (Å²) in [6, 6.07) is 5.50.